The third-order valence-corrected chi connectivity index (χ3v) is 4.64. The van der Waals surface area contributed by atoms with Crippen LogP contribution in [0.2, 0.25) is 0 Å². The summed E-state index contributed by atoms with van der Waals surface area (Å²) >= 11 is 0. The molecular weight excluding hydrogens is 376 g/mol. The van der Waals surface area contributed by atoms with E-state index in [4.69, 9.17) is 0 Å². The van der Waals surface area contributed by atoms with E-state index >= 15 is 0 Å². The Kier molecular flexibility index (Phi) is 8.42. The largest absolute Gasteiger partial charge is 0.434 e. The van der Waals surface area contributed by atoms with Crippen molar-refractivity contribution in [3.63, 3.8) is 0 Å². The summed E-state index contributed by atoms with van der Waals surface area (Å²) < 4.78 is 31.9. The van der Waals surface area contributed by atoms with Crippen molar-refractivity contribution in [3.05, 3.63) is 46.3 Å². The molecular formula is C21H31F2N5O. The van der Waals surface area contributed by atoms with Crippen LogP contribution in [0.25, 0.3) is 0 Å². The van der Waals surface area contributed by atoms with Crippen LogP contribution in [0, 0.1) is 6.92 Å². The van der Waals surface area contributed by atoms with Crippen molar-refractivity contribution >= 4 is 5.96 Å². The number of nitrogens with zero attached hydrogens (tertiary/aromatic N) is 3. The first-order chi connectivity index (χ1) is 13.9. The monoisotopic (exact) mass is 407 g/mol. The van der Waals surface area contributed by atoms with Gasteiger partial charge in [-0.1, -0.05) is 31.5 Å². The van der Waals surface area contributed by atoms with Gasteiger partial charge in [0.25, 0.3) is 0 Å². The van der Waals surface area contributed by atoms with E-state index in [9.17, 15) is 8.78 Å². The van der Waals surface area contributed by atoms with E-state index in [0.29, 0.717) is 24.6 Å². The maximum absolute atomic E-state index is 12.7. The Morgan fingerprint density at radius 3 is 2.59 bits per heavy atom. The Morgan fingerprint density at radius 1 is 1.21 bits per heavy atom. The fraction of sp³-hybridized carbons (Fsp3) is 0.524. The Bertz CT molecular complexity index is 833. The summed E-state index contributed by atoms with van der Waals surface area (Å²) in [5.41, 5.74) is 5.02. The molecule has 29 heavy (non-hydrogen) atoms. The molecule has 0 bridgehead atoms. The predicted octanol–water partition coefficient (Wildman–Crippen LogP) is 3.71. The summed E-state index contributed by atoms with van der Waals surface area (Å²) in [6.07, 6.45) is 1.75. The van der Waals surface area contributed by atoms with E-state index in [-0.39, 0.29) is 12.3 Å². The summed E-state index contributed by atoms with van der Waals surface area (Å²) in [4.78, 5) is 4.57. The van der Waals surface area contributed by atoms with Gasteiger partial charge in [0.05, 0.1) is 12.2 Å². The molecule has 0 amide bonds. The summed E-state index contributed by atoms with van der Waals surface area (Å²) in [5, 5.41) is 11.1. The van der Waals surface area contributed by atoms with Crippen LogP contribution < -0.4 is 15.4 Å². The average molecular weight is 408 g/mol. The highest BCUT2D eigenvalue weighted by atomic mass is 19.3. The first-order valence-corrected chi connectivity index (χ1v) is 9.99. The third kappa shape index (κ3) is 6.17. The topological polar surface area (TPSA) is 63.5 Å². The van der Waals surface area contributed by atoms with Gasteiger partial charge in [0, 0.05) is 37.0 Å². The second-order valence-electron chi connectivity index (χ2n) is 6.74. The Morgan fingerprint density at radius 2 is 1.97 bits per heavy atom. The highest BCUT2D eigenvalue weighted by molar-refractivity contribution is 5.79. The Hall–Kier alpha value is -2.64. The van der Waals surface area contributed by atoms with Crippen LogP contribution in [0.1, 0.15) is 48.8 Å². The normalized spacial score (nSPS) is 11.8. The second-order valence-corrected chi connectivity index (χ2v) is 6.74. The Balaban J connectivity index is 2.19. The molecule has 1 aromatic carbocycles. The van der Waals surface area contributed by atoms with Crippen LogP contribution in [-0.2, 0) is 33.0 Å². The molecule has 2 N–H and O–H groups in total. The molecule has 160 valence electrons. The number of aromatic nitrogens is 2. The van der Waals surface area contributed by atoms with Crippen molar-refractivity contribution in [3.8, 4) is 5.75 Å². The van der Waals surface area contributed by atoms with Gasteiger partial charge in [-0.05, 0) is 32.8 Å². The molecule has 0 fully saturated rings. The molecule has 0 radical (unpaired) electrons. The van der Waals surface area contributed by atoms with Crippen molar-refractivity contribution in [1.82, 2.24) is 20.4 Å². The number of nitrogens with one attached hydrogen (secondary N) is 2. The molecule has 0 aliphatic carbocycles. The lowest BCUT2D eigenvalue weighted by molar-refractivity contribution is -0.0504. The number of benzene rings is 1. The summed E-state index contributed by atoms with van der Waals surface area (Å²) in [6, 6.07) is 5.12. The lowest BCUT2D eigenvalue weighted by atomic mass is 10.1. The molecule has 0 saturated heterocycles. The number of alkyl halides is 2. The van der Waals surface area contributed by atoms with E-state index in [1.165, 1.54) is 11.3 Å². The molecule has 1 aromatic heterocycles. The van der Waals surface area contributed by atoms with Gasteiger partial charge < -0.3 is 15.4 Å². The fourth-order valence-electron chi connectivity index (χ4n) is 3.31. The summed E-state index contributed by atoms with van der Waals surface area (Å²) in [5.74, 6) is 0.768. The quantitative estimate of drug-likeness (QED) is 0.491. The van der Waals surface area contributed by atoms with Crippen LogP contribution in [0.5, 0.6) is 5.75 Å². The van der Waals surface area contributed by atoms with Gasteiger partial charge in [-0.15, -0.1) is 0 Å². The van der Waals surface area contributed by atoms with Crippen molar-refractivity contribution in [1.29, 1.82) is 0 Å². The molecule has 8 heteroatoms. The van der Waals surface area contributed by atoms with E-state index in [1.54, 1.807) is 12.1 Å². The molecule has 0 saturated carbocycles. The highest BCUT2D eigenvalue weighted by Gasteiger charge is 2.14. The zero-order valence-corrected chi connectivity index (χ0v) is 17.9. The van der Waals surface area contributed by atoms with Crippen LogP contribution in [0.15, 0.2) is 23.2 Å². The van der Waals surface area contributed by atoms with Crippen LogP contribution in [0.4, 0.5) is 8.78 Å². The van der Waals surface area contributed by atoms with Gasteiger partial charge in [-0.25, -0.2) is 4.99 Å². The maximum atomic E-state index is 12.7. The second kappa shape index (κ2) is 10.8. The molecule has 0 unspecified atom stereocenters. The van der Waals surface area contributed by atoms with Gasteiger partial charge in [0.15, 0.2) is 5.96 Å². The minimum atomic E-state index is -2.86. The van der Waals surface area contributed by atoms with Crippen LogP contribution >= 0.6 is 0 Å². The Labute approximate surface area is 171 Å². The number of halogens is 2. The number of guanidine groups is 1. The molecule has 2 aromatic rings. The predicted molar refractivity (Wildman–Crippen MR) is 111 cm³/mol. The number of hydrogen-bond donors (Lipinski definition) is 2. The van der Waals surface area contributed by atoms with Crippen molar-refractivity contribution < 1.29 is 13.5 Å². The third-order valence-electron chi connectivity index (χ3n) is 4.64. The van der Waals surface area contributed by atoms with Gasteiger partial charge in [0.1, 0.15) is 5.75 Å². The lowest BCUT2D eigenvalue weighted by Gasteiger charge is -2.14. The van der Waals surface area contributed by atoms with E-state index in [1.807, 2.05) is 31.6 Å². The number of rotatable bonds is 9. The van der Waals surface area contributed by atoms with Gasteiger partial charge in [0.2, 0.25) is 0 Å². The SMILES string of the molecule is CCNC(=NCc1cc(C)ccc1OC(F)F)NCc1c(CC)nn(C)c1CC. The summed E-state index contributed by atoms with van der Waals surface area (Å²) in [6.45, 7) is 6.74. The van der Waals surface area contributed by atoms with Crippen molar-refractivity contribution in [2.45, 2.75) is 60.2 Å². The van der Waals surface area contributed by atoms with Gasteiger partial charge in [-0.3, -0.25) is 4.68 Å². The zero-order valence-electron chi connectivity index (χ0n) is 17.9. The van der Waals surface area contributed by atoms with Gasteiger partial charge in [-0.2, -0.15) is 13.9 Å². The molecule has 0 atom stereocenters. The van der Waals surface area contributed by atoms with Crippen LogP contribution in [0.3, 0.4) is 0 Å². The van der Waals surface area contributed by atoms with E-state index in [2.05, 4.69) is 39.3 Å². The molecule has 1 heterocycles. The minimum Gasteiger partial charge on any atom is -0.434 e. The van der Waals surface area contributed by atoms with Gasteiger partial charge >= 0.3 is 6.61 Å². The number of ether oxygens (including phenoxy) is 1. The van der Waals surface area contributed by atoms with Crippen LogP contribution in [-0.4, -0.2) is 28.9 Å². The fourth-order valence-corrected chi connectivity index (χ4v) is 3.31. The lowest BCUT2D eigenvalue weighted by Crippen LogP contribution is -2.37. The first-order valence-electron chi connectivity index (χ1n) is 9.99. The smallest absolute Gasteiger partial charge is 0.387 e. The molecule has 0 aliphatic rings. The number of aliphatic imine (C=N–C) groups is 1. The maximum Gasteiger partial charge on any atom is 0.387 e. The highest BCUT2D eigenvalue weighted by Crippen LogP contribution is 2.23. The van der Waals surface area contributed by atoms with E-state index < -0.39 is 6.61 Å². The molecule has 2 rings (SSSR count). The van der Waals surface area contributed by atoms with E-state index in [0.717, 1.165) is 24.1 Å². The zero-order chi connectivity index (χ0) is 21.4. The number of hydrogen-bond acceptors (Lipinski definition) is 3. The molecule has 0 spiro atoms. The van der Waals surface area contributed by atoms with Crippen molar-refractivity contribution in [2.24, 2.45) is 12.0 Å². The van der Waals surface area contributed by atoms with Crippen molar-refractivity contribution in [2.75, 3.05) is 6.54 Å². The number of aryl methyl sites for hydroxylation is 3. The molecule has 0 aliphatic heterocycles. The standard InChI is InChI=1S/C21H31F2N5O/c1-6-17-16(18(7-2)28(5)27-17)13-26-21(24-8-3)25-12-15-11-14(4)9-10-19(15)29-20(22)23/h9-11,20H,6-8,12-13H2,1-5H3,(H2,24,25,26). The summed E-state index contributed by atoms with van der Waals surface area (Å²) in [7, 11) is 1.96. The molecule has 6 nitrogen and oxygen atoms in total. The minimum absolute atomic E-state index is 0.152. The average Bonchev–Trinajstić information content (AvgIpc) is 3.00. The first kappa shape index (κ1) is 22.6.